The number of carbonyl (C=O) groups is 1. The van der Waals surface area contributed by atoms with Crippen LogP contribution in [0.15, 0.2) is 0 Å². The summed E-state index contributed by atoms with van der Waals surface area (Å²) in [6, 6.07) is 0. The van der Waals surface area contributed by atoms with Crippen LogP contribution in [0.1, 0.15) is 19.3 Å². The SMILES string of the molecule is O=COC1CC2CC3CC1CN(C3)C2. The Labute approximate surface area is 84.4 Å². The monoisotopic (exact) mass is 195 g/mol. The van der Waals surface area contributed by atoms with E-state index in [9.17, 15) is 4.79 Å². The van der Waals surface area contributed by atoms with Crippen LogP contribution in [-0.4, -0.2) is 37.1 Å². The molecule has 3 heterocycles. The Balaban J connectivity index is 1.82. The van der Waals surface area contributed by atoms with Crippen LogP contribution in [0.2, 0.25) is 0 Å². The highest BCUT2D eigenvalue weighted by Gasteiger charge is 2.43. The third kappa shape index (κ3) is 1.34. The zero-order valence-electron chi connectivity index (χ0n) is 8.39. The lowest BCUT2D eigenvalue weighted by atomic mass is 9.83. The Kier molecular flexibility index (Phi) is 2.01. The van der Waals surface area contributed by atoms with Gasteiger partial charge in [-0.3, -0.25) is 4.79 Å². The van der Waals surface area contributed by atoms with E-state index >= 15 is 0 Å². The molecule has 0 radical (unpaired) electrons. The maximum atomic E-state index is 10.4. The Bertz CT molecular complexity index is 229. The lowest BCUT2D eigenvalue weighted by molar-refractivity contribution is -0.137. The van der Waals surface area contributed by atoms with E-state index in [4.69, 9.17) is 4.74 Å². The summed E-state index contributed by atoms with van der Waals surface area (Å²) in [6.45, 7) is 4.34. The van der Waals surface area contributed by atoms with E-state index in [-0.39, 0.29) is 6.10 Å². The summed E-state index contributed by atoms with van der Waals surface area (Å²) in [4.78, 5) is 13.0. The third-order valence-electron chi connectivity index (χ3n) is 4.15. The highest BCUT2D eigenvalue weighted by atomic mass is 16.5. The summed E-state index contributed by atoms with van der Waals surface area (Å²) in [7, 11) is 0. The van der Waals surface area contributed by atoms with Crippen molar-refractivity contribution in [1.29, 1.82) is 0 Å². The van der Waals surface area contributed by atoms with E-state index in [1.165, 1.54) is 25.9 Å². The molecule has 4 rings (SSSR count). The van der Waals surface area contributed by atoms with Gasteiger partial charge in [-0.15, -0.1) is 0 Å². The summed E-state index contributed by atoms with van der Waals surface area (Å²) < 4.78 is 5.24. The molecule has 0 aromatic carbocycles. The van der Waals surface area contributed by atoms with E-state index < -0.39 is 0 Å². The average molecular weight is 195 g/mol. The molecule has 3 saturated heterocycles. The number of rotatable bonds is 2. The highest BCUT2D eigenvalue weighted by molar-refractivity contribution is 5.37. The van der Waals surface area contributed by atoms with Crippen molar-refractivity contribution < 1.29 is 9.53 Å². The van der Waals surface area contributed by atoms with Gasteiger partial charge in [0.2, 0.25) is 0 Å². The minimum atomic E-state index is 0.216. The Hall–Kier alpha value is -0.570. The second-order valence-electron chi connectivity index (χ2n) is 5.19. The number of hydrogen-bond donors (Lipinski definition) is 0. The van der Waals surface area contributed by atoms with Crippen LogP contribution >= 0.6 is 0 Å². The van der Waals surface area contributed by atoms with Gasteiger partial charge in [-0.05, 0) is 31.1 Å². The molecule has 4 bridgehead atoms. The van der Waals surface area contributed by atoms with Gasteiger partial charge in [0.1, 0.15) is 6.10 Å². The van der Waals surface area contributed by atoms with E-state index in [0.29, 0.717) is 12.4 Å². The molecule has 5 unspecified atom stereocenters. The molecule has 3 heteroatoms. The largest absolute Gasteiger partial charge is 0.464 e. The van der Waals surface area contributed by atoms with Gasteiger partial charge in [-0.2, -0.15) is 0 Å². The Morgan fingerprint density at radius 2 is 1.86 bits per heavy atom. The van der Waals surface area contributed by atoms with Gasteiger partial charge < -0.3 is 9.64 Å². The quantitative estimate of drug-likeness (QED) is 0.613. The normalized spacial score (nSPS) is 50.1. The number of fused-ring (bicyclic) bond motifs is 1. The third-order valence-corrected chi connectivity index (χ3v) is 4.15. The van der Waals surface area contributed by atoms with Gasteiger partial charge >= 0.3 is 0 Å². The molecule has 78 valence electrons. The standard InChI is InChI=1S/C11H17NO2/c13-7-14-11-3-9-1-8-2-10(11)6-12(4-8)5-9/h7-11H,1-6H2. The van der Waals surface area contributed by atoms with Crippen molar-refractivity contribution in [3.05, 3.63) is 0 Å². The number of carbonyl (C=O) groups excluding carboxylic acids is 1. The summed E-state index contributed by atoms with van der Waals surface area (Å²) in [5, 5.41) is 0. The molecule has 1 saturated carbocycles. The molecule has 1 aliphatic carbocycles. The van der Waals surface area contributed by atoms with Gasteiger partial charge in [0.15, 0.2) is 0 Å². The van der Waals surface area contributed by atoms with Crippen LogP contribution in [0.4, 0.5) is 0 Å². The lowest BCUT2D eigenvalue weighted by Gasteiger charge is -2.41. The number of ether oxygens (including phenoxy) is 1. The van der Waals surface area contributed by atoms with Crippen LogP contribution in [-0.2, 0) is 9.53 Å². The maximum absolute atomic E-state index is 10.4. The van der Waals surface area contributed by atoms with Crippen LogP contribution in [0.5, 0.6) is 0 Å². The zero-order valence-corrected chi connectivity index (χ0v) is 8.39. The molecule has 3 nitrogen and oxygen atoms in total. The van der Waals surface area contributed by atoms with Gasteiger partial charge in [-0.25, -0.2) is 0 Å². The van der Waals surface area contributed by atoms with Crippen molar-refractivity contribution in [3.63, 3.8) is 0 Å². The first-order valence-corrected chi connectivity index (χ1v) is 5.66. The summed E-state index contributed by atoms with van der Waals surface area (Å²) >= 11 is 0. The van der Waals surface area contributed by atoms with Crippen LogP contribution in [0.25, 0.3) is 0 Å². The summed E-state index contributed by atoms with van der Waals surface area (Å²) in [5.41, 5.74) is 0. The van der Waals surface area contributed by atoms with Crippen LogP contribution in [0, 0.1) is 17.8 Å². The second kappa shape index (κ2) is 3.23. The molecule has 0 amide bonds. The Morgan fingerprint density at radius 3 is 2.57 bits per heavy atom. The zero-order chi connectivity index (χ0) is 9.54. The fourth-order valence-electron chi connectivity index (χ4n) is 3.78. The van der Waals surface area contributed by atoms with Crippen LogP contribution < -0.4 is 0 Å². The first kappa shape index (κ1) is 8.72. The molecular weight excluding hydrogens is 178 g/mol. The number of hydrogen-bond acceptors (Lipinski definition) is 3. The molecule has 4 aliphatic rings. The van der Waals surface area contributed by atoms with E-state index in [1.807, 2.05) is 0 Å². The second-order valence-corrected chi connectivity index (χ2v) is 5.19. The van der Waals surface area contributed by atoms with Crippen molar-refractivity contribution in [1.82, 2.24) is 4.90 Å². The van der Waals surface area contributed by atoms with Gasteiger partial charge in [0.05, 0.1) is 0 Å². The summed E-state index contributed by atoms with van der Waals surface area (Å²) in [5.74, 6) is 2.28. The minimum Gasteiger partial charge on any atom is -0.464 e. The van der Waals surface area contributed by atoms with Crippen molar-refractivity contribution in [3.8, 4) is 0 Å². The summed E-state index contributed by atoms with van der Waals surface area (Å²) in [6.07, 6.45) is 3.97. The molecule has 4 fully saturated rings. The van der Waals surface area contributed by atoms with Crippen LogP contribution in [0.3, 0.4) is 0 Å². The fraction of sp³-hybridized carbons (Fsp3) is 0.909. The molecule has 0 aromatic rings. The van der Waals surface area contributed by atoms with E-state index in [1.54, 1.807) is 0 Å². The van der Waals surface area contributed by atoms with E-state index in [0.717, 1.165) is 24.8 Å². The van der Waals surface area contributed by atoms with Gasteiger partial charge in [-0.1, -0.05) is 0 Å². The first-order chi connectivity index (χ1) is 6.85. The van der Waals surface area contributed by atoms with Gasteiger partial charge in [0.25, 0.3) is 6.47 Å². The molecule has 3 aliphatic heterocycles. The predicted molar refractivity (Wildman–Crippen MR) is 51.7 cm³/mol. The predicted octanol–water partition coefficient (Wildman–Crippen LogP) is 0.890. The molecule has 14 heavy (non-hydrogen) atoms. The lowest BCUT2D eigenvalue weighted by Crippen LogP contribution is -2.46. The number of nitrogens with zero attached hydrogens (tertiary/aromatic N) is 1. The fourth-order valence-corrected chi connectivity index (χ4v) is 3.78. The molecular formula is C11H17NO2. The first-order valence-electron chi connectivity index (χ1n) is 5.66. The molecule has 0 spiro atoms. The maximum Gasteiger partial charge on any atom is 0.293 e. The average Bonchev–Trinajstić information content (AvgIpc) is 2.32. The Morgan fingerprint density at radius 1 is 1.07 bits per heavy atom. The van der Waals surface area contributed by atoms with Gasteiger partial charge in [0, 0.05) is 25.6 Å². The molecule has 5 atom stereocenters. The van der Waals surface area contributed by atoms with Crippen molar-refractivity contribution >= 4 is 6.47 Å². The van der Waals surface area contributed by atoms with E-state index in [2.05, 4.69) is 4.90 Å². The van der Waals surface area contributed by atoms with Crippen molar-refractivity contribution in [2.45, 2.75) is 25.4 Å². The molecule has 0 aromatic heterocycles. The van der Waals surface area contributed by atoms with Crippen molar-refractivity contribution in [2.24, 2.45) is 17.8 Å². The topological polar surface area (TPSA) is 29.5 Å². The van der Waals surface area contributed by atoms with Crippen molar-refractivity contribution in [2.75, 3.05) is 19.6 Å². The highest BCUT2D eigenvalue weighted by Crippen LogP contribution is 2.41. The smallest absolute Gasteiger partial charge is 0.293 e. The molecule has 0 N–H and O–H groups in total. The minimum absolute atomic E-state index is 0.216. The number of piperidine rings is 2.